The molecule has 0 bridgehead atoms. The number of hydrogen-bond acceptors (Lipinski definition) is 3. The maximum atomic E-state index is 10.9. The molecule has 3 N–H and O–H groups in total. The third-order valence-electron chi connectivity index (χ3n) is 6.73. The van der Waals surface area contributed by atoms with Gasteiger partial charge in [0.2, 0.25) is 0 Å². The fraction of sp³-hybridized carbons (Fsp3) is 0.821. The Labute approximate surface area is 213 Å². The van der Waals surface area contributed by atoms with Crippen molar-refractivity contribution in [2.24, 2.45) is 0 Å². The second-order valence-corrected chi connectivity index (χ2v) is 9.96. The zero-order valence-corrected chi connectivity index (χ0v) is 22.2. The number of carbonyl (C=O) groups is 3. The molecule has 0 aromatic heterocycles. The summed E-state index contributed by atoms with van der Waals surface area (Å²) in [7, 11) is 0. The van der Waals surface area contributed by atoms with Gasteiger partial charge in [-0.25, -0.2) is 0 Å². The third kappa shape index (κ3) is 22.3. The quantitative estimate of drug-likeness (QED) is 0.0699. The van der Waals surface area contributed by atoms with E-state index in [4.69, 9.17) is 15.3 Å². The molecule has 0 saturated heterocycles. The van der Waals surface area contributed by atoms with Crippen LogP contribution in [0.15, 0.2) is 12.2 Å². The lowest BCUT2D eigenvalue weighted by molar-refractivity contribution is -0.928. The Hall–Kier alpha value is -1.89. The average molecular weight is 499 g/mol. The molecule has 204 valence electrons. The molecule has 0 fully saturated rings. The van der Waals surface area contributed by atoms with E-state index in [-0.39, 0.29) is 19.3 Å². The van der Waals surface area contributed by atoms with Gasteiger partial charge in [-0.3, -0.25) is 14.4 Å². The van der Waals surface area contributed by atoms with E-state index in [1.54, 1.807) is 0 Å². The van der Waals surface area contributed by atoms with Gasteiger partial charge in [-0.1, -0.05) is 57.6 Å². The fourth-order valence-corrected chi connectivity index (χ4v) is 4.64. The maximum Gasteiger partial charge on any atom is 0.303 e. The second-order valence-electron chi connectivity index (χ2n) is 9.96. The zero-order chi connectivity index (χ0) is 26.2. The van der Waals surface area contributed by atoms with Gasteiger partial charge in [0.1, 0.15) is 0 Å². The predicted octanol–water partition coefficient (Wildman–Crippen LogP) is 6.65. The Balaban J connectivity index is 4.80. The van der Waals surface area contributed by atoms with Gasteiger partial charge in [-0.15, -0.1) is 0 Å². The number of unbranched alkanes of at least 4 members (excludes halogenated alkanes) is 10. The summed E-state index contributed by atoms with van der Waals surface area (Å²) in [6.07, 6.45) is 20.5. The molecule has 0 amide bonds. The third-order valence-corrected chi connectivity index (χ3v) is 6.73. The molecular formula is C28H52NO6+. The monoisotopic (exact) mass is 498 g/mol. The lowest BCUT2D eigenvalue weighted by atomic mass is 10.1. The van der Waals surface area contributed by atoms with E-state index in [0.29, 0.717) is 19.3 Å². The molecule has 0 heterocycles. The SMILES string of the molecule is CCCCCCCCC/C=C/CC[N+](CCCCC(=O)O)(CCCCC(=O)O)CCCCC(=O)O. The highest BCUT2D eigenvalue weighted by Gasteiger charge is 2.26. The van der Waals surface area contributed by atoms with Gasteiger partial charge in [0, 0.05) is 25.7 Å². The van der Waals surface area contributed by atoms with Crippen molar-refractivity contribution < 1.29 is 34.2 Å². The highest BCUT2D eigenvalue weighted by atomic mass is 16.4. The van der Waals surface area contributed by atoms with Crippen LogP contribution in [0.4, 0.5) is 0 Å². The molecule has 0 atom stereocenters. The van der Waals surface area contributed by atoms with Gasteiger partial charge < -0.3 is 19.8 Å². The van der Waals surface area contributed by atoms with E-state index < -0.39 is 17.9 Å². The van der Waals surface area contributed by atoms with Crippen LogP contribution in [-0.2, 0) is 14.4 Å². The van der Waals surface area contributed by atoms with Crippen LogP contribution in [0.3, 0.4) is 0 Å². The van der Waals surface area contributed by atoms with Crippen molar-refractivity contribution >= 4 is 17.9 Å². The molecule has 0 aliphatic heterocycles. The first-order chi connectivity index (χ1) is 16.8. The molecule has 0 spiro atoms. The highest BCUT2D eigenvalue weighted by Crippen LogP contribution is 2.18. The van der Waals surface area contributed by atoms with E-state index in [2.05, 4.69) is 19.1 Å². The Bertz CT molecular complexity index is 535. The first kappa shape index (κ1) is 33.1. The van der Waals surface area contributed by atoms with Crippen LogP contribution >= 0.6 is 0 Å². The smallest absolute Gasteiger partial charge is 0.303 e. The minimum Gasteiger partial charge on any atom is -0.481 e. The Morgan fingerprint density at radius 1 is 0.514 bits per heavy atom. The van der Waals surface area contributed by atoms with Crippen LogP contribution in [0.25, 0.3) is 0 Å². The van der Waals surface area contributed by atoms with E-state index in [0.717, 1.165) is 62.8 Å². The van der Waals surface area contributed by atoms with Gasteiger partial charge in [0.25, 0.3) is 0 Å². The number of carboxylic acid groups (broad SMARTS) is 3. The first-order valence-electron chi connectivity index (χ1n) is 14.0. The number of rotatable bonds is 26. The topological polar surface area (TPSA) is 112 Å². The summed E-state index contributed by atoms with van der Waals surface area (Å²) in [4.78, 5) is 32.8. The molecule has 0 unspecified atom stereocenters. The molecule has 0 aromatic carbocycles. The number of aliphatic carboxylic acids is 3. The predicted molar refractivity (Wildman–Crippen MR) is 141 cm³/mol. The van der Waals surface area contributed by atoms with Crippen molar-refractivity contribution in [1.29, 1.82) is 0 Å². The van der Waals surface area contributed by atoms with E-state index in [1.165, 1.54) is 44.9 Å². The minimum atomic E-state index is -0.778. The minimum absolute atomic E-state index is 0.163. The van der Waals surface area contributed by atoms with E-state index in [9.17, 15) is 14.4 Å². The summed E-state index contributed by atoms with van der Waals surface area (Å²) in [5.41, 5.74) is 0. The molecule has 0 saturated carbocycles. The van der Waals surface area contributed by atoms with Crippen molar-refractivity contribution in [1.82, 2.24) is 0 Å². The Morgan fingerprint density at radius 2 is 0.914 bits per heavy atom. The van der Waals surface area contributed by atoms with Crippen LogP contribution in [-0.4, -0.2) is 63.9 Å². The van der Waals surface area contributed by atoms with Crippen molar-refractivity contribution in [2.45, 2.75) is 122 Å². The highest BCUT2D eigenvalue weighted by molar-refractivity contribution is 5.67. The maximum absolute atomic E-state index is 10.9. The summed E-state index contributed by atoms with van der Waals surface area (Å²) in [5, 5.41) is 27.0. The summed E-state index contributed by atoms with van der Waals surface area (Å²) in [5.74, 6) is -2.34. The first-order valence-corrected chi connectivity index (χ1v) is 14.0. The lowest BCUT2D eigenvalue weighted by Crippen LogP contribution is -2.50. The number of nitrogens with zero attached hydrogens (tertiary/aromatic N) is 1. The Kier molecular flexibility index (Phi) is 21.3. The van der Waals surface area contributed by atoms with Crippen LogP contribution < -0.4 is 0 Å². The van der Waals surface area contributed by atoms with Crippen LogP contribution in [0.1, 0.15) is 122 Å². The van der Waals surface area contributed by atoms with E-state index in [1.807, 2.05) is 0 Å². The molecule has 7 nitrogen and oxygen atoms in total. The van der Waals surface area contributed by atoms with Crippen molar-refractivity contribution in [2.75, 3.05) is 26.2 Å². The van der Waals surface area contributed by atoms with Crippen molar-refractivity contribution in [3.63, 3.8) is 0 Å². The zero-order valence-electron chi connectivity index (χ0n) is 22.2. The molecule has 0 aliphatic rings. The molecule has 35 heavy (non-hydrogen) atoms. The number of hydrogen-bond donors (Lipinski definition) is 3. The number of allylic oxidation sites excluding steroid dienone is 1. The fourth-order valence-electron chi connectivity index (χ4n) is 4.64. The van der Waals surface area contributed by atoms with E-state index >= 15 is 0 Å². The van der Waals surface area contributed by atoms with Gasteiger partial charge in [0.05, 0.1) is 26.2 Å². The molecular weight excluding hydrogens is 446 g/mol. The summed E-state index contributed by atoms with van der Waals surface area (Å²) in [6.45, 7) is 5.75. The van der Waals surface area contributed by atoms with Crippen LogP contribution in [0, 0.1) is 0 Å². The van der Waals surface area contributed by atoms with Crippen LogP contribution in [0.5, 0.6) is 0 Å². The van der Waals surface area contributed by atoms with Gasteiger partial charge in [0.15, 0.2) is 0 Å². The summed E-state index contributed by atoms with van der Waals surface area (Å²) >= 11 is 0. The lowest BCUT2D eigenvalue weighted by Gasteiger charge is -2.39. The molecule has 7 heteroatoms. The van der Waals surface area contributed by atoms with Crippen LogP contribution in [0.2, 0.25) is 0 Å². The number of quaternary nitrogens is 1. The number of carboxylic acids is 3. The molecule has 0 radical (unpaired) electrons. The van der Waals surface area contributed by atoms with Gasteiger partial charge in [-0.2, -0.15) is 0 Å². The molecule has 0 aromatic rings. The normalized spacial score (nSPS) is 11.8. The second kappa shape index (κ2) is 22.6. The standard InChI is InChI=1S/C28H51NO6/c1-2-3-4-5-6-7-8-9-10-11-15-22-29(23-16-12-19-26(30)31,24-17-13-20-27(32)33)25-18-14-21-28(34)35/h10-11H,2-9,12-25H2,1H3,(H2-,30,31,32,33,34,35)/p+1/b11-10+. The van der Waals surface area contributed by atoms with Gasteiger partial charge >= 0.3 is 17.9 Å². The molecule has 0 rings (SSSR count). The van der Waals surface area contributed by atoms with Crippen molar-refractivity contribution in [3.8, 4) is 0 Å². The van der Waals surface area contributed by atoms with Gasteiger partial charge in [-0.05, 0) is 51.4 Å². The molecule has 0 aliphatic carbocycles. The largest absolute Gasteiger partial charge is 0.481 e. The average Bonchev–Trinajstić information content (AvgIpc) is 2.80. The van der Waals surface area contributed by atoms with Crippen molar-refractivity contribution in [3.05, 3.63) is 12.2 Å². The summed E-state index contributed by atoms with van der Waals surface area (Å²) in [6, 6.07) is 0. The summed E-state index contributed by atoms with van der Waals surface area (Å²) < 4.78 is 0.820. The Morgan fingerprint density at radius 3 is 1.34 bits per heavy atom.